The van der Waals surface area contributed by atoms with Crippen LogP contribution in [0.15, 0.2) is 48.5 Å². The summed E-state index contributed by atoms with van der Waals surface area (Å²) in [7, 11) is 1.59. The van der Waals surface area contributed by atoms with E-state index >= 15 is 0 Å². The number of para-hydroxylation sites is 1. The minimum Gasteiger partial charge on any atom is -0.497 e. The van der Waals surface area contributed by atoms with Crippen LogP contribution in [0, 0.1) is 11.3 Å². The van der Waals surface area contributed by atoms with Crippen molar-refractivity contribution in [3.8, 4) is 11.8 Å². The molecule has 0 atom stereocenters. The molecule has 2 rings (SSSR count). The molecule has 5 heteroatoms. The van der Waals surface area contributed by atoms with E-state index in [1.54, 1.807) is 37.4 Å². The second-order valence-electron chi connectivity index (χ2n) is 4.29. The summed E-state index contributed by atoms with van der Waals surface area (Å²) in [5.74, 6) is 0.496. The average Bonchev–Trinajstić information content (AvgIpc) is 2.53. The Labute approximate surface area is 123 Å². The summed E-state index contributed by atoms with van der Waals surface area (Å²) in [6.45, 7) is 0.104. The zero-order valence-electron chi connectivity index (χ0n) is 11.6. The first-order chi connectivity index (χ1) is 10.2. The smallest absolute Gasteiger partial charge is 0.243 e. The molecule has 0 unspecified atom stereocenters. The number of amides is 1. The number of nitriles is 1. The van der Waals surface area contributed by atoms with Crippen molar-refractivity contribution in [1.29, 1.82) is 5.26 Å². The van der Waals surface area contributed by atoms with Crippen molar-refractivity contribution < 1.29 is 9.53 Å². The monoisotopic (exact) mass is 281 g/mol. The van der Waals surface area contributed by atoms with E-state index in [1.165, 1.54) is 0 Å². The van der Waals surface area contributed by atoms with Gasteiger partial charge in [0.25, 0.3) is 0 Å². The van der Waals surface area contributed by atoms with Crippen LogP contribution in [0.5, 0.6) is 5.75 Å². The average molecular weight is 281 g/mol. The molecule has 0 spiro atoms. The fourth-order valence-electron chi connectivity index (χ4n) is 1.80. The molecule has 2 aromatic rings. The molecule has 21 heavy (non-hydrogen) atoms. The first kappa shape index (κ1) is 14.4. The van der Waals surface area contributed by atoms with Crippen LogP contribution >= 0.6 is 0 Å². The van der Waals surface area contributed by atoms with Gasteiger partial charge in [0.15, 0.2) is 0 Å². The quantitative estimate of drug-likeness (QED) is 0.883. The van der Waals surface area contributed by atoms with E-state index in [1.807, 2.05) is 24.3 Å². The largest absolute Gasteiger partial charge is 0.497 e. The minimum absolute atomic E-state index is 0.104. The van der Waals surface area contributed by atoms with E-state index in [9.17, 15) is 4.79 Å². The standard InChI is InChI=1S/C16H15N3O2/c1-21-14-7-4-6-13(9-14)18-11-16(20)19-15-8-3-2-5-12(15)10-17/h2-9,18H,11H2,1H3,(H,19,20). The molecule has 2 N–H and O–H groups in total. The third-order valence-electron chi connectivity index (χ3n) is 2.84. The number of nitrogens with one attached hydrogen (secondary N) is 2. The van der Waals surface area contributed by atoms with Gasteiger partial charge in [-0.25, -0.2) is 0 Å². The normalized spacial score (nSPS) is 9.52. The van der Waals surface area contributed by atoms with Crippen molar-refractivity contribution in [2.45, 2.75) is 0 Å². The van der Waals surface area contributed by atoms with Crippen LogP contribution in [-0.2, 0) is 4.79 Å². The Morgan fingerprint density at radius 3 is 2.81 bits per heavy atom. The number of methoxy groups -OCH3 is 1. The molecule has 0 saturated heterocycles. The van der Waals surface area contributed by atoms with Gasteiger partial charge >= 0.3 is 0 Å². The van der Waals surface area contributed by atoms with Crippen molar-refractivity contribution in [3.05, 3.63) is 54.1 Å². The number of carbonyl (C=O) groups excluding carboxylic acids is 1. The van der Waals surface area contributed by atoms with Crippen molar-refractivity contribution in [2.24, 2.45) is 0 Å². The van der Waals surface area contributed by atoms with Crippen molar-refractivity contribution in [1.82, 2.24) is 0 Å². The second kappa shape index (κ2) is 6.96. The number of carbonyl (C=O) groups is 1. The van der Waals surface area contributed by atoms with Gasteiger partial charge in [-0.2, -0.15) is 5.26 Å². The molecule has 0 aromatic heterocycles. The lowest BCUT2D eigenvalue weighted by atomic mass is 10.2. The van der Waals surface area contributed by atoms with Gasteiger partial charge in [0.05, 0.1) is 24.9 Å². The molecular weight excluding hydrogens is 266 g/mol. The number of ether oxygens (including phenoxy) is 1. The van der Waals surface area contributed by atoms with Crippen LogP contribution in [-0.4, -0.2) is 19.6 Å². The van der Waals surface area contributed by atoms with E-state index in [2.05, 4.69) is 10.6 Å². The second-order valence-corrected chi connectivity index (χ2v) is 4.29. The molecule has 0 heterocycles. The molecule has 0 aliphatic carbocycles. The summed E-state index contributed by atoms with van der Waals surface area (Å²) in [4.78, 5) is 11.9. The number of nitrogens with zero attached hydrogens (tertiary/aromatic N) is 1. The van der Waals surface area contributed by atoms with Crippen LogP contribution in [0.1, 0.15) is 5.56 Å². The molecule has 2 aromatic carbocycles. The van der Waals surface area contributed by atoms with E-state index in [4.69, 9.17) is 10.00 Å². The highest BCUT2D eigenvalue weighted by Crippen LogP contribution is 2.17. The summed E-state index contributed by atoms with van der Waals surface area (Å²) in [5.41, 5.74) is 1.74. The Hall–Kier alpha value is -3.00. The highest BCUT2D eigenvalue weighted by Gasteiger charge is 2.06. The highest BCUT2D eigenvalue weighted by atomic mass is 16.5. The maximum Gasteiger partial charge on any atom is 0.243 e. The zero-order chi connectivity index (χ0) is 15.1. The van der Waals surface area contributed by atoms with E-state index in [0.717, 1.165) is 11.4 Å². The molecule has 0 aliphatic rings. The Bertz CT molecular complexity index is 677. The predicted octanol–water partition coefficient (Wildman–Crippen LogP) is 2.62. The van der Waals surface area contributed by atoms with E-state index in [-0.39, 0.29) is 12.5 Å². The molecule has 106 valence electrons. The fraction of sp³-hybridized carbons (Fsp3) is 0.125. The number of benzene rings is 2. The summed E-state index contributed by atoms with van der Waals surface area (Å²) >= 11 is 0. The highest BCUT2D eigenvalue weighted by molar-refractivity contribution is 5.94. The van der Waals surface area contributed by atoms with Gasteiger partial charge < -0.3 is 15.4 Å². The van der Waals surface area contributed by atoms with Gasteiger partial charge in [-0.05, 0) is 24.3 Å². The number of hydrogen-bond acceptors (Lipinski definition) is 4. The van der Waals surface area contributed by atoms with Gasteiger partial charge in [0.1, 0.15) is 11.8 Å². The molecule has 0 bridgehead atoms. The lowest BCUT2D eigenvalue weighted by molar-refractivity contribution is -0.114. The SMILES string of the molecule is COc1cccc(NCC(=O)Nc2ccccc2C#N)c1. The fourth-order valence-corrected chi connectivity index (χ4v) is 1.80. The summed E-state index contributed by atoms with van der Waals surface area (Å²) in [6.07, 6.45) is 0. The van der Waals surface area contributed by atoms with Gasteiger partial charge in [-0.15, -0.1) is 0 Å². The molecule has 5 nitrogen and oxygen atoms in total. The maximum atomic E-state index is 11.9. The third-order valence-corrected chi connectivity index (χ3v) is 2.84. The van der Waals surface area contributed by atoms with Crippen molar-refractivity contribution in [3.63, 3.8) is 0 Å². The summed E-state index contributed by atoms with van der Waals surface area (Å²) in [5, 5.41) is 14.7. The van der Waals surface area contributed by atoms with E-state index < -0.39 is 0 Å². The molecule has 0 saturated carbocycles. The van der Waals surface area contributed by atoms with Crippen LogP contribution in [0.3, 0.4) is 0 Å². The Balaban J connectivity index is 1.94. The zero-order valence-corrected chi connectivity index (χ0v) is 11.6. The van der Waals surface area contributed by atoms with Crippen molar-refractivity contribution >= 4 is 17.3 Å². The van der Waals surface area contributed by atoms with Crippen LogP contribution in [0.4, 0.5) is 11.4 Å². The minimum atomic E-state index is -0.222. The Morgan fingerprint density at radius 1 is 1.24 bits per heavy atom. The molecule has 0 radical (unpaired) electrons. The molecule has 0 aliphatic heterocycles. The molecule has 0 fully saturated rings. The summed E-state index contributed by atoms with van der Waals surface area (Å²) in [6, 6.07) is 16.2. The number of hydrogen-bond donors (Lipinski definition) is 2. The number of anilines is 2. The van der Waals surface area contributed by atoms with Gasteiger partial charge in [0, 0.05) is 11.8 Å². The van der Waals surface area contributed by atoms with Gasteiger partial charge in [-0.3, -0.25) is 4.79 Å². The first-order valence-corrected chi connectivity index (χ1v) is 6.40. The van der Waals surface area contributed by atoms with Crippen LogP contribution in [0.25, 0.3) is 0 Å². The Kier molecular flexibility index (Phi) is 4.78. The first-order valence-electron chi connectivity index (χ1n) is 6.40. The van der Waals surface area contributed by atoms with Gasteiger partial charge in [-0.1, -0.05) is 18.2 Å². The topological polar surface area (TPSA) is 74.2 Å². The lowest BCUT2D eigenvalue weighted by Gasteiger charge is -2.09. The van der Waals surface area contributed by atoms with Crippen molar-refractivity contribution in [2.75, 3.05) is 24.3 Å². The van der Waals surface area contributed by atoms with Crippen LogP contribution < -0.4 is 15.4 Å². The third kappa shape index (κ3) is 3.98. The predicted molar refractivity (Wildman–Crippen MR) is 81.3 cm³/mol. The van der Waals surface area contributed by atoms with Gasteiger partial charge in [0.2, 0.25) is 5.91 Å². The molecular formula is C16H15N3O2. The molecule has 1 amide bonds. The van der Waals surface area contributed by atoms with E-state index in [0.29, 0.717) is 11.3 Å². The summed E-state index contributed by atoms with van der Waals surface area (Å²) < 4.78 is 5.11. The maximum absolute atomic E-state index is 11.9. The number of rotatable bonds is 5. The van der Waals surface area contributed by atoms with Crippen LogP contribution in [0.2, 0.25) is 0 Å². The Morgan fingerprint density at radius 2 is 2.05 bits per heavy atom. The lowest BCUT2D eigenvalue weighted by Crippen LogP contribution is -2.22.